The number of carbonyl (C=O) groups excluding carboxylic acids is 2. The first kappa shape index (κ1) is 26.0. The molecule has 0 aromatic heterocycles. The number of carbonyl (C=O) groups is 2. The predicted octanol–water partition coefficient (Wildman–Crippen LogP) is 3.74. The van der Waals surface area contributed by atoms with E-state index in [9.17, 15) is 18.0 Å². The van der Waals surface area contributed by atoms with Crippen LogP contribution in [0.1, 0.15) is 25.0 Å². The Hall–Kier alpha value is -3.65. The Bertz CT molecular complexity index is 1230. The van der Waals surface area contributed by atoms with E-state index in [0.717, 1.165) is 15.4 Å². The minimum Gasteiger partial charge on any atom is -0.355 e. The number of benzene rings is 3. The van der Waals surface area contributed by atoms with Gasteiger partial charge in [-0.05, 0) is 50.6 Å². The van der Waals surface area contributed by atoms with E-state index in [0.29, 0.717) is 12.2 Å². The highest BCUT2D eigenvalue weighted by Gasteiger charge is 2.32. The summed E-state index contributed by atoms with van der Waals surface area (Å²) in [6.07, 6.45) is 0. The third-order valence-corrected chi connectivity index (χ3v) is 7.43. The summed E-state index contributed by atoms with van der Waals surface area (Å²) < 4.78 is 28.3. The van der Waals surface area contributed by atoms with Crippen molar-refractivity contribution in [2.75, 3.05) is 17.4 Å². The molecule has 0 bridgehead atoms. The Morgan fingerprint density at radius 1 is 0.886 bits per heavy atom. The lowest BCUT2D eigenvalue weighted by Gasteiger charge is -2.32. The molecule has 0 radical (unpaired) electrons. The number of likely N-dealkylation sites (N-methyl/N-ethyl adjacent to an activating group) is 1. The van der Waals surface area contributed by atoms with Gasteiger partial charge in [-0.3, -0.25) is 13.9 Å². The number of hydrogen-bond donors (Lipinski definition) is 1. The van der Waals surface area contributed by atoms with Crippen molar-refractivity contribution >= 4 is 27.5 Å². The normalized spacial score (nSPS) is 12.0. The first-order valence-corrected chi connectivity index (χ1v) is 12.9. The van der Waals surface area contributed by atoms with E-state index in [2.05, 4.69) is 5.32 Å². The second-order valence-electron chi connectivity index (χ2n) is 8.24. The molecule has 3 aromatic rings. The molecular formula is C27H31N3O4S. The van der Waals surface area contributed by atoms with Crippen LogP contribution in [0.2, 0.25) is 0 Å². The molecule has 1 atom stereocenters. The zero-order valence-corrected chi connectivity index (χ0v) is 21.0. The van der Waals surface area contributed by atoms with Gasteiger partial charge in [-0.2, -0.15) is 0 Å². The van der Waals surface area contributed by atoms with E-state index >= 15 is 0 Å². The van der Waals surface area contributed by atoms with Crippen LogP contribution < -0.4 is 9.62 Å². The quantitative estimate of drug-likeness (QED) is 0.466. The van der Waals surface area contributed by atoms with Gasteiger partial charge in [-0.25, -0.2) is 8.42 Å². The molecule has 0 saturated carbocycles. The number of nitrogens with zero attached hydrogens (tertiary/aromatic N) is 2. The van der Waals surface area contributed by atoms with Gasteiger partial charge >= 0.3 is 0 Å². The summed E-state index contributed by atoms with van der Waals surface area (Å²) >= 11 is 0. The summed E-state index contributed by atoms with van der Waals surface area (Å²) in [6.45, 7) is 5.50. The zero-order valence-electron chi connectivity index (χ0n) is 20.2. The van der Waals surface area contributed by atoms with E-state index in [-0.39, 0.29) is 17.3 Å². The molecule has 0 fully saturated rings. The average molecular weight is 494 g/mol. The minimum atomic E-state index is -4.04. The van der Waals surface area contributed by atoms with Crippen LogP contribution in [0.15, 0.2) is 89.8 Å². The van der Waals surface area contributed by atoms with Crippen molar-refractivity contribution in [3.63, 3.8) is 0 Å². The fourth-order valence-corrected chi connectivity index (χ4v) is 5.08. The molecule has 1 N–H and O–H groups in total. The number of sulfonamides is 1. The molecule has 2 amide bonds. The van der Waals surface area contributed by atoms with Gasteiger partial charge in [0.25, 0.3) is 10.0 Å². The molecule has 0 saturated heterocycles. The van der Waals surface area contributed by atoms with Crippen LogP contribution in [0.25, 0.3) is 0 Å². The van der Waals surface area contributed by atoms with Gasteiger partial charge in [0.05, 0.1) is 10.6 Å². The fraction of sp³-hybridized carbons (Fsp3) is 0.259. The van der Waals surface area contributed by atoms with E-state index in [1.165, 1.54) is 17.0 Å². The maximum Gasteiger partial charge on any atom is 0.264 e. The smallest absolute Gasteiger partial charge is 0.264 e. The molecule has 0 aliphatic carbocycles. The van der Waals surface area contributed by atoms with E-state index in [4.69, 9.17) is 0 Å². The summed E-state index contributed by atoms with van der Waals surface area (Å²) in [7, 11) is -4.04. The highest BCUT2D eigenvalue weighted by atomic mass is 32.2. The van der Waals surface area contributed by atoms with Crippen LogP contribution in [-0.4, -0.2) is 44.3 Å². The molecule has 0 spiro atoms. The van der Waals surface area contributed by atoms with Gasteiger partial charge in [0.15, 0.2) is 0 Å². The number of aryl methyl sites for hydroxylation is 1. The highest BCUT2D eigenvalue weighted by molar-refractivity contribution is 7.92. The van der Waals surface area contributed by atoms with Crippen molar-refractivity contribution in [2.45, 2.75) is 38.3 Å². The van der Waals surface area contributed by atoms with E-state index < -0.39 is 28.5 Å². The number of nitrogens with one attached hydrogen (secondary N) is 1. The SMILES string of the molecule is CCNC(=O)[C@H](C)N(Cc1ccccc1)C(=O)CN(c1ccc(C)cc1)S(=O)(=O)c1ccccc1. The zero-order chi connectivity index (χ0) is 25.4. The van der Waals surface area contributed by atoms with Crippen molar-refractivity contribution in [1.82, 2.24) is 10.2 Å². The van der Waals surface area contributed by atoms with Crippen LogP contribution >= 0.6 is 0 Å². The average Bonchev–Trinajstić information content (AvgIpc) is 2.87. The molecule has 0 heterocycles. The van der Waals surface area contributed by atoms with Crippen LogP contribution in [0.4, 0.5) is 5.69 Å². The van der Waals surface area contributed by atoms with Crippen molar-refractivity contribution in [3.05, 3.63) is 96.1 Å². The Labute approximate surface area is 207 Å². The molecule has 0 unspecified atom stereocenters. The maximum atomic E-state index is 13.7. The molecular weight excluding hydrogens is 462 g/mol. The fourth-order valence-electron chi connectivity index (χ4n) is 3.64. The lowest BCUT2D eigenvalue weighted by atomic mass is 10.1. The van der Waals surface area contributed by atoms with Crippen molar-refractivity contribution in [3.8, 4) is 0 Å². The Morgan fingerprint density at radius 2 is 1.46 bits per heavy atom. The lowest BCUT2D eigenvalue weighted by Crippen LogP contribution is -2.51. The first-order valence-electron chi connectivity index (χ1n) is 11.5. The Kier molecular flexibility index (Phi) is 8.65. The van der Waals surface area contributed by atoms with Crippen LogP contribution in [0, 0.1) is 6.92 Å². The largest absolute Gasteiger partial charge is 0.355 e. The van der Waals surface area contributed by atoms with E-state index in [1.807, 2.05) is 37.3 Å². The van der Waals surface area contributed by atoms with Gasteiger partial charge in [0, 0.05) is 13.1 Å². The second-order valence-corrected chi connectivity index (χ2v) is 10.1. The van der Waals surface area contributed by atoms with Gasteiger partial charge in [-0.1, -0.05) is 66.2 Å². The summed E-state index contributed by atoms with van der Waals surface area (Å²) in [5.74, 6) is -0.780. The molecule has 0 aliphatic rings. The number of anilines is 1. The van der Waals surface area contributed by atoms with Crippen LogP contribution in [0.5, 0.6) is 0 Å². The topological polar surface area (TPSA) is 86.8 Å². The van der Waals surface area contributed by atoms with Crippen LogP contribution in [-0.2, 0) is 26.2 Å². The third-order valence-electron chi connectivity index (χ3n) is 5.65. The van der Waals surface area contributed by atoms with Gasteiger partial charge in [0.1, 0.15) is 12.6 Å². The Balaban J connectivity index is 2.00. The molecule has 184 valence electrons. The van der Waals surface area contributed by atoms with Crippen molar-refractivity contribution in [1.29, 1.82) is 0 Å². The third kappa shape index (κ3) is 6.48. The standard InChI is InChI=1S/C27H31N3O4S/c1-4-28-27(32)22(3)29(19-23-11-7-5-8-12-23)26(31)20-30(24-17-15-21(2)16-18-24)35(33,34)25-13-9-6-10-14-25/h5-18,22H,4,19-20H2,1-3H3,(H,28,32)/t22-/m0/s1. The van der Waals surface area contributed by atoms with Gasteiger partial charge in [-0.15, -0.1) is 0 Å². The minimum absolute atomic E-state index is 0.0831. The van der Waals surface area contributed by atoms with E-state index in [1.54, 1.807) is 56.3 Å². The summed E-state index contributed by atoms with van der Waals surface area (Å²) in [4.78, 5) is 27.8. The first-order chi connectivity index (χ1) is 16.7. The van der Waals surface area contributed by atoms with Crippen molar-refractivity contribution < 1.29 is 18.0 Å². The Morgan fingerprint density at radius 3 is 2.03 bits per heavy atom. The highest BCUT2D eigenvalue weighted by Crippen LogP contribution is 2.25. The molecule has 3 aromatic carbocycles. The summed E-state index contributed by atoms with van der Waals surface area (Å²) in [6, 6.07) is 23.5. The van der Waals surface area contributed by atoms with Gasteiger partial charge < -0.3 is 10.2 Å². The molecule has 8 heteroatoms. The predicted molar refractivity (Wildman–Crippen MR) is 137 cm³/mol. The number of amides is 2. The number of rotatable bonds is 10. The molecule has 7 nitrogen and oxygen atoms in total. The summed E-state index contributed by atoms with van der Waals surface area (Å²) in [5, 5.41) is 2.75. The molecule has 3 rings (SSSR count). The number of hydrogen-bond acceptors (Lipinski definition) is 4. The lowest BCUT2D eigenvalue weighted by molar-refractivity contribution is -0.139. The monoisotopic (exact) mass is 493 g/mol. The maximum absolute atomic E-state index is 13.7. The summed E-state index contributed by atoms with van der Waals surface area (Å²) in [5.41, 5.74) is 2.18. The van der Waals surface area contributed by atoms with Crippen LogP contribution in [0.3, 0.4) is 0 Å². The molecule has 35 heavy (non-hydrogen) atoms. The van der Waals surface area contributed by atoms with Gasteiger partial charge in [0.2, 0.25) is 11.8 Å². The van der Waals surface area contributed by atoms with Crippen molar-refractivity contribution in [2.24, 2.45) is 0 Å². The molecule has 0 aliphatic heterocycles. The second kappa shape index (κ2) is 11.7.